The van der Waals surface area contributed by atoms with Crippen molar-refractivity contribution in [2.75, 3.05) is 5.32 Å². The first-order chi connectivity index (χ1) is 23.4. The van der Waals surface area contributed by atoms with Crippen molar-refractivity contribution >= 4 is 48.6 Å². The zero-order valence-corrected chi connectivity index (χ0v) is 30.9. The maximum absolute atomic E-state index is 14.2. The Morgan fingerprint density at radius 3 is 2.20 bits per heavy atom. The fraction of sp³-hybridized carbons (Fsp3) is 0.371. The molecule has 16 heteroatoms. The van der Waals surface area contributed by atoms with Crippen LogP contribution in [0.3, 0.4) is 0 Å². The lowest BCUT2D eigenvalue weighted by Gasteiger charge is -2.40. The molecule has 0 bridgehead atoms. The highest BCUT2D eigenvalue weighted by atomic mass is 35.5. The minimum absolute atomic E-state index is 0.0245. The summed E-state index contributed by atoms with van der Waals surface area (Å²) in [6.45, 7) is 14.1. The molecule has 4 aromatic rings. The summed E-state index contributed by atoms with van der Waals surface area (Å²) in [5.74, 6) is 1.65. The van der Waals surface area contributed by atoms with E-state index in [0.717, 1.165) is 12.1 Å². The van der Waals surface area contributed by atoms with Gasteiger partial charge in [0, 0.05) is 24.2 Å². The van der Waals surface area contributed by atoms with Crippen molar-refractivity contribution in [3.05, 3.63) is 76.1 Å². The predicted octanol–water partition coefficient (Wildman–Crippen LogP) is 8.77. The van der Waals surface area contributed by atoms with Crippen LogP contribution in [0.25, 0.3) is 22.0 Å². The number of fused-ring (bicyclic) bond motifs is 1. The van der Waals surface area contributed by atoms with Crippen LogP contribution in [0.4, 0.5) is 32.6 Å². The summed E-state index contributed by atoms with van der Waals surface area (Å²) in [7, 11) is -0.832. The van der Waals surface area contributed by atoms with Gasteiger partial charge >= 0.3 is 18.2 Å². The van der Waals surface area contributed by atoms with E-state index in [1.807, 2.05) is 13.8 Å². The third-order valence-corrected chi connectivity index (χ3v) is 13.4. The molecule has 0 aliphatic carbocycles. The monoisotopic (exact) mass is 749 g/mol. The van der Waals surface area contributed by atoms with E-state index >= 15 is 0 Å². The van der Waals surface area contributed by atoms with Gasteiger partial charge in [0.05, 0.1) is 27.7 Å². The molecule has 0 spiro atoms. The highest BCUT2D eigenvalue weighted by Crippen LogP contribution is 2.41. The highest BCUT2D eigenvalue weighted by Gasteiger charge is 2.41. The predicted molar refractivity (Wildman–Crippen MR) is 187 cm³/mol. The van der Waals surface area contributed by atoms with E-state index in [4.69, 9.17) is 21.0 Å². The number of nitrogens with zero attached hydrogens (tertiary/aromatic N) is 3. The maximum atomic E-state index is 14.2. The van der Waals surface area contributed by atoms with Crippen molar-refractivity contribution in [3.8, 4) is 23.0 Å². The number of carbonyl (C=O) groups excluding carboxylic acids is 1. The second kappa shape index (κ2) is 14.2. The third kappa shape index (κ3) is 9.24. The van der Waals surface area contributed by atoms with Crippen molar-refractivity contribution in [2.24, 2.45) is 7.05 Å². The molecule has 0 aliphatic heterocycles. The highest BCUT2D eigenvalue weighted by molar-refractivity contribution is 6.74. The van der Waals surface area contributed by atoms with Crippen LogP contribution >= 0.6 is 11.6 Å². The van der Waals surface area contributed by atoms with Crippen molar-refractivity contribution in [1.29, 1.82) is 0 Å². The normalized spacial score (nSPS) is 13.1. The van der Waals surface area contributed by atoms with Crippen LogP contribution in [0, 0.1) is 23.5 Å². The van der Waals surface area contributed by atoms with Crippen LogP contribution in [-0.4, -0.2) is 52.0 Å². The number of pyridine rings is 1. The summed E-state index contributed by atoms with van der Waals surface area (Å²) in [6.07, 6.45) is -6.94. The Bertz CT molecular complexity index is 2050. The number of hydrogen-bond donors (Lipinski definition) is 3. The Morgan fingerprint density at radius 1 is 1.02 bits per heavy atom. The summed E-state index contributed by atoms with van der Waals surface area (Å²) < 4.78 is 75.7. The van der Waals surface area contributed by atoms with Gasteiger partial charge in [-0.3, -0.25) is 9.48 Å². The van der Waals surface area contributed by atoms with Gasteiger partial charge in [-0.05, 0) is 80.2 Å². The van der Waals surface area contributed by atoms with Crippen LogP contribution in [0.5, 0.6) is 0 Å². The van der Waals surface area contributed by atoms with Gasteiger partial charge < -0.3 is 20.2 Å². The molecule has 3 N–H and O–H groups in total. The van der Waals surface area contributed by atoms with Crippen molar-refractivity contribution in [3.63, 3.8) is 0 Å². The van der Waals surface area contributed by atoms with Crippen LogP contribution in [0.1, 0.15) is 57.6 Å². The standard InChI is InChI=1S/C35H37ClF5N5O4Si/c1-33(2,3)51(7,8)50-34(4,5)14-13-22-9-10-23(28(42-22)26(43-32(48)49)17-19-15-20(37)18-21(38)16-19)24-11-12-25(36)27-29(24)46(6)45-30(27)44-31(47)35(39,40)41/h9-12,15-16,18,26,43H,17H2,1-8H3,(H,48,49)(H,44,45,47). The quantitative estimate of drug-likeness (QED) is 0.0942. The Morgan fingerprint density at radius 2 is 1.63 bits per heavy atom. The molecular weight excluding hydrogens is 713 g/mol. The summed E-state index contributed by atoms with van der Waals surface area (Å²) in [6, 6.07) is 7.63. The van der Waals surface area contributed by atoms with E-state index in [1.54, 1.807) is 17.4 Å². The molecule has 0 radical (unpaired) electrons. The van der Waals surface area contributed by atoms with Gasteiger partial charge in [0.15, 0.2) is 14.1 Å². The first-order valence-electron chi connectivity index (χ1n) is 15.6. The molecule has 1 atom stereocenters. The lowest BCUT2D eigenvalue weighted by atomic mass is 9.94. The summed E-state index contributed by atoms with van der Waals surface area (Å²) in [5.41, 5.74) is 0.221. The number of carbonyl (C=O) groups is 2. The minimum Gasteiger partial charge on any atom is -0.465 e. The molecule has 9 nitrogen and oxygen atoms in total. The van der Waals surface area contributed by atoms with Gasteiger partial charge in [-0.1, -0.05) is 44.4 Å². The molecule has 0 saturated carbocycles. The fourth-order valence-corrected chi connectivity index (χ4v) is 7.13. The van der Waals surface area contributed by atoms with Gasteiger partial charge in [0.1, 0.15) is 22.9 Å². The first-order valence-corrected chi connectivity index (χ1v) is 18.9. The molecule has 272 valence electrons. The van der Waals surface area contributed by atoms with Gasteiger partial charge in [-0.2, -0.15) is 18.3 Å². The minimum atomic E-state index is -5.21. The number of benzene rings is 2. The largest absolute Gasteiger partial charge is 0.471 e. The number of amides is 2. The van der Waals surface area contributed by atoms with Gasteiger partial charge in [0.25, 0.3) is 0 Å². The molecule has 0 fully saturated rings. The zero-order valence-electron chi connectivity index (χ0n) is 29.1. The Hall–Kier alpha value is -4.52. The van der Waals surface area contributed by atoms with Crippen LogP contribution in [-0.2, 0) is 22.7 Å². The number of halogens is 6. The second-order valence-electron chi connectivity index (χ2n) is 14.0. The first kappa shape index (κ1) is 39.3. The molecule has 1 unspecified atom stereocenters. The molecule has 2 heterocycles. The number of carboxylic acid groups (broad SMARTS) is 1. The van der Waals surface area contributed by atoms with Crippen LogP contribution in [0.15, 0.2) is 42.5 Å². The molecular formula is C35H37ClF5N5O4Si. The van der Waals surface area contributed by atoms with Gasteiger partial charge in [-0.15, -0.1) is 0 Å². The third-order valence-electron chi connectivity index (χ3n) is 8.44. The number of nitrogens with one attached hydrogen (secondary N) is 2. The number of aryl methyl sites for hydroxylation is 1. The molecule has 51 heavy (non-hydrogen) atoms. The molecule has 2 aromatic carbocycles. The van der Waals surface area contributed by atoms with E-state index < -0.39 is 55.6 Å². The van der Waals surface area contributed by atoms with Gasteiger partial charge in [0.2, 0.25) is 0 Å². The van der Waals surface area contributed by atoms with Crippen molar-refractivity contribution in [1.82, 2.24) is 20.1 Å². The van der Waals surface area contributed by atoms with E-state index in [1.165, 1.54) is 23.9 Å². The van der Waals surface area contributed by atoms with Gasteiger partial charge in [-0.25, -0.2) is 18.6 Å². The SMILES string of the molecule is Cn1nc(NC(=O)C(F)(F)F)c2c(Cl)ccc(-c3ccc(C#CC(C)(C)O[Si](C)(C)C(C)(C)C)nc3C(Cc3cc(F)cc(F)c3)NC(=O)O)c21. The smallest absolute Gasteiger partial charge is 0.465 e. The summed E-state index contributed by atoms with van der Waals surface area (Å²) >= 11 is 6.43. The summed E-state index contributed by atoms with van der Waals surface area (Å²) in [4.78, 5) is 28.7. The maximum Gasteiger partial charge on any atom is 0.471 e. The Labute approximate surface area is 297 Å². The number of alkyl halides is 3. The Balaban J connectivity index is 1.96. The lowest BCUT2D eigenvalue weighted by molar-refractivity contribution is -0.167. The molecule has 4 rings (SSSR count). The van der Waals surface area contributed by atoms with Crippen molar-refractivity contribution < 1.29 is 41.1 Å². The molecule has 2 aromatic heterocycles. The average Bonchev–Trinajstić information content (AvgIpc) is 3.30. The van der Waals surface area contributed by atoms with E-state index in [0.29, 0.717) is 11.6 Å². The number of anilines is 1. The fourth-order valence-electron chi connectivity index (χ4n) is 5.26. The number of hydrogen-bond acceptors (Lipinski definition) is 5. The van der Waals surface area contributed by atoms with E-state index in [2.05, 4.69) is 56.1 Å². The van der Waals surface area contributed by atoms with E-state index in [9.17, 15) is 36.6 Å². The lowest BCUT2D eigenvalue weighted by Crippen LogP contribution is -2.47. The van der Waals surface area contributed by atoms with Crippen LogP contribution in [0.2, 0.25) is 23.2 Å². The van der Waals surface area contributed by atoms with Crippen LogP contribution < -0.4 is 10.6 Å². The topological polar surface area (TPSA) is 118 Å². The molecule has 0 saturated heterocycles. The summed E-state index contributed by atoms with van der Waals surface area (Å²) in [5, 5.41) is 17.9. The van der Waals surface area contributed by atoms with Crippen molar-refractivity contribution in [2.45, 2.75) is 77.0 Å². The van der Waals surface area contributed by atoms with E-state index in [-0.39, 0.29) is 49.9 Å². The second-order valence-corrected chi connectivity index (χ2v) is 19.1. The number of rotatable bonds is 8. The Kier molecular flexibility index (Phi) is 11.0. The molecule has 0 aliphatic rings. The number of aromatic nitrogens is 3. The molecule has 2 amide bonds. The zero-order chi connectivity index (χ0) is 38.3. The average molecular weight is 750 g/mol.